The Morgan fingerprint density at radius 2 is 1.89 bits per heavy atom. The van der Waals surface area contributed by atoms with Gasteiger partial charge in [0.25, 0.3) is 5.91 Å². The molecule has 0 aromatic carbocycles. The van der Waals surface area contributed by atoms with Crippen molar-refractivity contribution < 1.29 is 14.7 Å². The van der Waals surface area contributed by atoms with Crippen molar-refractivity contribution in [3.8, 4) is 0 Å². The van der Waals surface area contributed by atoms with E-state index in [2.05, 4.69) is 31.2 Å². The Balaban J connectivity index is 2.18. The first-order valence-corrected chi connectivity index (χ1v) is 5.99. The third-order valence-corrected chi connectivity index (χ3v) is 2.64. The van der Waals surface area contributed by atoms with Gasteiger partial charge in [0.2, 0.25) is 0 Å². The standard InChI is InChI=1S/C12H8BrN3O3/c13-7-4-5-10(14-6-7)16-11(17)8-2-1-3-9(15-8)12(18)19/h1-6H,(H,18,19)(H,14,16,17). The second kappa shape index (κ2) is 5.57. The maximum atomic E-state index is 11.9. The number of carboxylic acid groups (broad SMARTS) is 1. The fraction of sp³-hybridized carbons (Fsp3) is 0. The van der Waals surface area contributed by atoms with E-state index in [0.29, 0.717) is 5.82 Å². The largest absolute Gasteiger partial charge is 0.477 e. The Labute approximate surface area is 116 Å². The van der Waals surface area contributed by atoms with Crippen LogP contribution in [0.5, 0.6) is 0 Å². The quantitative estimate of drug-likeness (QED) is 0.904. The van der Waals surface area contributed by atoms with E-state index in [9.17, 15) is 9.59 Å². The third kappa shape index (κ3) is 3.35. The number of nitrogens with zero attached hydrogens (tertiary/aromatic N) is 2. The van der Waals surface area contributed by atoms with Gasteiger partial charge in [0, 0.05) is 10.7 Å². The van der Waals surface area contributed by atoms with Crippen LogP contribution >= 0.6 is 15.9 Å². The van der Waals surface area contributed by atoms with E-state index < -0.39 is 11.9 Å². The SMILES string of the molecule is O=C(O)c1cccc(C(=O)Nc2ccc(Br)cn2)n1. The molecule has 0 fully saturated rings. The summed E-state index contributed by atoms with van der Waals surface area (Å²) >= 11 is 3.23. The monoisotopic (exact) mass is 321 g/mol. The number of rotatable bonds is 3. The smallest absolute Gasteiger partial charge is 0.354 e. The molecule has 0 radical (unpaired) electrons. The van der Waals surface area contributed by atoms with Crippen molar-refractivity contribution in [3.05, 3.63) is 52.4 Å². The van der Waals surface area contributed by atoms with Gasteiger partial charge in [-0.3, -0.25) is 4.79 Å². The molecule has 7 heteroatoms. The summed E-state index contributed by atoms with van der Waals surface area (Å²) in [5, 5.41) is 11.3. The Hall–Kier alpha value is -2.28. The minimum absolute atomic E-state index is 0.0182. The highest BCUT2D eigenvalue weighted by molar-refractivity contribution is 9.10. The summed E-state index contributed by atoms with van der Waals surface area (Å²) in [4.78, 5) is 30.3. The number of halogens is 1. The molecule has 2 rings (SSSR count). The fourth-order valence-electron chi connectivity index (χ4n) is 1.31. The van der Waals surface area contributed by atoms with Crippen molar-refractivity contribution in [3.63, 3.8) is 0 Å². The number of pyridine rings is 2. The van der Waals surface area contributed by atoms with Gasteiger partial charge in [-0.2, -0.15) is 0 Å². The van der Waals surface area contributed by atoms with Crippen LogP contribution in [0.2, 0.25) is 0 Å². The molecule has 6 nitrogen and oxygen atoms in total. The zero-order valence-electron chi connectivity index (χ0n) is 9.50. The lowest BCUT2D eigenvalue weighted by Gasteiger charge is -2.04. The molecule has 2 N–H and O–H groups in total. The average Bonchev–Trinajstić information content (AvgIpc) is 2.41. The molecule has 96 valence electrons. The van der Waals surface area contributed by atoms with Gasteiger partial charge in [0.1, 0.15) is 17.2 Å². The lowest BCUT2D eigenvalue weighted by molar-refractivity contribution is 0.0690. The van der Waals surface area contributed by atoms with Crippen LogP contribution in [0.15, 0.2) is 41.0 Å². The van der Waals surface area contributed by atoms with E-state index in [1.165, 1.54) is 24.4 Å². The van der Waals surface area contributed by atoms with E-state index in [0.717, 1.165) is 4.47 Å². The summed E-state index contributed by atoms with van der Waals surface area (Å²) in [6, 6.07) is 7.55. The molecule has 0 spiro atoms. The number of carbonyl (C=O) groups is 2. The molecule has 2 heterocycles. The molecule has 19 heavy (non-hydrogen) atoms. The number of hydrogen-bond donors (Lipinski definition) is 2. The highest BCUT2D eigenvalue weighted by Crippen LogP contribution is 2.11. The first-order valence-electron chi connectivity index (χ1n) is 5.19. The lowest BCUT2D eigenvalue weighted by atomic mass is 10.3. The molecule has 0 unspecified atom stereocenters. The zero-order chi connectivity index (χ0) is 13.8. The van der Waals surface area contributed by atoms with Crippen LogP contribution in [0.3, 0.4) is 0 Å². The molecule has 0 aliphatic carbocycles. The molecule has 1 amide bonds. The van der Waals surface area contributed by atoms with E-state index in [4.69, 9.17) is 5.11 Å². The van der Waals surface area contributed by atoms with Crippen LogP contribution in [0, 0.1) is 0 Å². The van der Waals surface area contributed by atoms with Gasteiger partial charge >= 0.3 is 5.97 Å². The van der Waals surface area contributed by atoms with E-state index >= 15 is 0 Å². The maximum absolute atomic E-state index is 11.9. The maximum Gasteiger partial charge on any atom is 0.354 e. The summed E-state index contributed by atoms with van der Waals surface area (Å²) in [5.74, 6) is -1.34. The van der Waals surface area contributed by atoms with Crippen molar-refractivity contribution in [2.45, 2.75) is 0 Å². The third-order valence-electron chi connectivity index (χ3n) is 2.17. The molecular weight excluding hydrogens is 314 g/mol. The van der Waals surface area contributed by atoms with Crippen molar-refractivity contribution >= 4 is 33.6 Å². The lowest BCUT2D eigenvalue weighted by Crippen LogP contribution is -2.16. The molecule has 0 atom stereocenters. The first-order chi connectivity index (χ1) is 9.06. The summed E-state index contributed by atoms with van der Waals surface area (Å²) in [5.41, 5.74) is -0.166. The van der Waals surface area contributed by atoms with E-state index in [1.54, 1.807) is 12.1 Å². The van der Waals surface area contributed by atoms with Crippen molar-refractivity contribution in [1.29, 1.82) is 0 Å². The topological polar surface area (TPSA) is 92.2 Å². The molecule has 2 aromatic heterocycles. The van der Waals surface area contributed by atoms with Gasteiger partial charge in [0.05, 0.1) is 0 Å². The van der Waals surface area contributed by atoms with Crippen LogP contribution in [0.1, 0.15) is 21.0 Å². The number of carboxylic acids is 1. The Morgan fingerprint density at radius 3 is 2.53 bits per heavy atom. The van der Waals surface area contributed by atoms with Gasteiger partial charge < -0.3 is 10.4 Å². The minimum atomic E-state index is -1.18. The summed E-state index contributed by atoms with van der Waals surface area (Å²) in [6.07, 6.45) is 1.54. The predicted octanol–water partition coefficient (Wildman–Crippen LogP) is 2.19. The highest BCUT2D eigenvalue weighted by Gasteiger charge is 2.11. The van der Waals surface area contributed by atoms with Crippen molar-refractivity contribution in [2.24, 2.45) is 0 Å². The van der Waals surface area contributed by atoms with Gasteiger partial charge in [-0.1, -0.05) is 6.07 Å². The number of aromatic nitrogens is 2. The minimum Gasteiger partial charge on any atom is -0.477 e. The van der Waals surface area contributed by atoms with Crippen LogP contribution in [0.25, 0.3) is 0 Å². The van der Waals surface area contributed by atoms with Crippen molar-refractivity contribution in [2.75, 3.05) is 5.32 Å². The Bertz CT molecular complexity index is 628. The summed E-state index contributed by atoms with van der Waals surface area (Å²) in [7, 11) is 0. The van der Waals surface area contributed by atoms with Gasteiger partial charge in [-0.05, 0) is 40.2 Å². The number of hydrogen-bond acceptors (Lipinski definition) is 4. The molecule has 0 saturated carbocycles. The number of nitrogens with one attached hydrogen (secondary N) is 1. The molecule has 2 aromatic rings. The molecular formula is C12H8BrN3O3. The number of anilines is 1. The molecule has 0 aliphatic rings. The van der Waals surface area contributed by atoms with Crippen molar-refractivity contribution in [1.82, 2.24) is 9.97 Å². The zero-order valence-corrected chi connectivity index (χ0v) is 11.1. The number of carbonyl (C=O) groups excluding carboxylic acids is 1. The van der Waals surface area contributed by atoms with Gasteiger partial charge in [0.15, 0.2) is 0 Å². The van der Waals surface area contributed by atoms with Gasteiger partial charge in [-0.25, -0.2) is 14.8 Å². The van der Waals surface area contributed by atoms with Crippen LogP contribution < -0.4 is 5.32 Å². The van der Waals surface area contributed by atoms with Crippen LogP contribution in [-0.2, 0) is 0 Å². The molecule has 0 aliphatic heterocycles. The Morgan fingerprint density at radius 1 is 1.16 bits per heavy atom. The van der Waals surface area contributed by atoms with Gasteiger partial charge in [-0.15, -0.1) is 0 Å². The fourth-order valence-corrected chi connectivity index (χ4v) is 1.54. The number of amides is 1. The Kier molecular flexibility index (Phi) is 3.86. The van der Waals surface area contributed by atoms with E-state index in [-0.39, 0.29) is 11.4 Å². The second-order valence-electron chi connectivity index (χ2n) is 3.53. The van der Waals surface area contributed by atoms with E-state index in [1.807, 2.05) is 0 Å². The number of aromatic carboxylic acids is 1. The normalized spacial score (nSPS) is 9.95. The molecule has 0 bridgehead atoms. The molecule has 0 saturated heterocycles. The van der Waals surface area contributed by atoms with Crippen LogP contribution in [-0.4, -0.2) is 27.0 Å². The second-order valence-corrected chi connectivity index (χ2v) is 4.44. The predicted molar refractivity (Wildman–Crippen MR) is 71.1 cm³/mol. The van der Waals surface area contributed by atoms with Crippen LogP contribution in [0.4, 0.5) is 5.82 Å². The average molecular weight is 322 g/mol. The first kappa shape index (κ1) is 13.2. The summed E-state index contributed by atoms with van der Waals surface area (Å²) in [6.45, 7) is 0. The highest BCUT2D eigenvalue weighted by atomic mass is 79.9. The summed E-state index contributed by atoms with van der Waals surface area (Å²) < 4.78 is 0.788.